The average molecular weight is 297 g/mol. The Balaban J connectivity index is 1.48. The number of rotatable bonds is 6. The molecular weight excluding hydrogens is 282 g/mol. The standard InChI is InChI=1S/C16H15N3O3/c20-16(14-7-10-19-22-14)18-9-3-11-21-13-6-1-4-12-5-2-8-17-15(12)13/h1-2,4-8,10H,3,9,11H2,(H,18,20). The smallest absolute Gasteiger partial charge is 0.289 e. The second-order valence-electron chi connectivity index (χ2n) is 4.67. The van der Waals surface area contributed by atoms with E-state index in [9.17, 15) is 4.79 Å². The molecule has 0 atom stereocenters. The highest BCUT2D eigenvalue weighted by molar-refractivity contribution is 5.91. The first kappa shape index (κ1) is 14.1. The van der Waals surface area contributed by atoms with E-state index in [1.165, 1.54) is 12.3 Å². The first-order valence-corrected chi connectivity index (χ1v) is 7.00. The van der Waals surface area contributed by atoms with Gasteiger partial charge in [-0.3, -0.25) is 9.78 Å². The Kier molecular flexibility index (Phi) is 4.29. The van der Waals surface area contributed by atoms with Gasteiger partial charge in [0.1, 0.15) is 11.3 Å². The molecule has 2 aromatic heterocycles. The first-order valence-electron chi connectivity index (χ1n) is 7.00. The molecule has 112 valence electrons. The summed E-state index contributed by atoms with van der Waals surface area (Å²) >= 11 is 0. The topological polar surface area (TPSA) is 77.2 Å². The van der Waals surface area contributed by atoms with Gasteiger partial charge in [-0.2, -0.15) is 0 Å². The van der Waals surface area contributed by atoms with Crippen LogP contribution < -0.4 is 10.1 Å². The molecule has 0 aliphatic carbocycles. The highest BCUT2D eigenvalue weighted by atomic mass is 16.5. The van der Waals surface area contributed by atoms with E-state index < -0.39 is 0 Å². The van der Waals surface area contributed by atoms with Crippen molar-refractivity contribution in [3.63, 3.8) is 0 Å². The number of carbonyl (C=O) groups excluding carboxylic acids is 1. The number of amides is 1. The molecule has 0 bridgehead atoms. The van der Waals surface area contributed by atoms with Gasteiger partial charge in [0.05, 0.1) is 12.8 Å². The first-order chi connectivity index (χ1) is 10.8. The lowest BCUT2D eigenvalue weighted by Gasteiger charge is -2.08. The maximum atomic E-state index is 11.6. The summed E-state index contributed by atoms with van der Waals surface area (Å²) in [5.41, 5.74) is 0.843. The molecule has 0 unspecified atom stereocenters. The molecule has 0 fully saturated rings. The van der Waals surface area contributed by atoms with Crippen molar-refractivity contribution in [3.05, 3.63) is 54.6 Å². The summed E-state index contributed by atoms with van der Waals surface area (Å²) in [6.45, 7) is 0.990. The molecule has 3 aromatic rings. The number of nitrogens with zero attached hydrogens (tertiary/aromatic N) is 2. The highest BCUT2D eigenvalue weighted by Gasteiger charge is 2.08. The van der Waals surface area contributed by atoms with Crippen LogP contribution in [0.2, 0.25) is 0 Å². The molecule has 1 N–H and O–H groups in total. The Bertz CT molecular complexity index is 751. The third kappa shape index (κ3) is 3.22. The predicted octanol–water partition coefficient (Wildman–Crippen LogP) is 2.42. The monoisotopic (exact) mass is 297 g/mol. The maximum absolute atomic E-state index is 11.6. The van der Waals surface area contributed by atoms with E-state index in [1.807, 2.05) is 30.3 Å². The second-order valence-corrected chi connectivity index (χ2v) is 4.67. The predicted molar refractivity (Wildman–Crippen MR) is 80.7 cm³/mol. The number of hydrogen-bond donors (Lipinski definition) is 1. The number of aromatic nitrogens is 2. The van der Waals surface area contributed by atoms with Crippen molar-refractivity contribution >= 4 is 16.8 Å². The van der Waals surface area contributed by atoms with Gasteiger partial charge in [0.2, 0.25) is 5.76 Å². The van der Waals surface area contributed by atoms with E-state index in [0.717, 1.165) is 16.7 Å². The van der Waals surface area contributed by atoms with Crippen LogP contribution in [0.3, 0.4) is 0 Å². The second kappa shape index (κ2) is 6.71. The summed E-state index contributed by atoms with van der Waals surface area (Å²) in [5, 5.41) is 7.27. The van der Waals surface area contributed by atoms with Crippen molar-refractivity contribution in [2.45, 2.75) is 6.42 Å². The largest absolute Gasteiger partial charge is 0.491 e. The van der Waals surface area contributed by atoms with Crippen LogP contribution in [-0.4, -0.2) is 29.2 Å². The van der Waals surface area contributed by atoms with Gasteiger partial charge in [0.15, 0.2) is 0 Å². The molecule has 1 amide bonds. The number of para-hydroxylation sites is 1. The van der Waals surface area contributed by atoms with Crippen LogP contribution in [0.15, 0.2) is 53.3 Å². The third-order valence-electron chi connectivity index (χ3n) is 3.12. The molecule has 0 spiro atoms. The van der Waals surface area contributed by atoms with Crippen molar-refractivity contribution in [3.8, 4) is 5.75 Å². The minimum absolute atomic E-state index is 0.208. The van der Waals surface area contributed by atoms with E-state index in [1.54, 1.807) is 6.20 Å². The number of nitrogens with one attached hydrogen (secondary N) is 1. The van der Waals surface area contributed by atoms with Gasteiger partial charge in [0, 0.05) is 24.2 Å². The van der Waals surface area contributed by atoms with Gasteiger partial charge in [-0.25, -0.2) is 0 Å². The van der Waals surface area contributed by atoms with Crippen LogP contribution in [0.1, 0.15) is 17.0 Å². The minimum atomic E-state index is -0.274. The van der Waals surface area contributed by atoms with Crippen molar-refractivity contribution in [2.24, 2.45) is 0 Å². The summed E-state index contributed by atoms with van der Waals surface area (Å²) in [7, 11) is 0. The van der Waals surface area contributed by atoms with Crippen molar-refractivity contribution < 1.29 is 14.1 Å². The molecule has 0 saturated heterocycles. The molecule has 1 aromatic carbocycles. The summed E-state index contributed by atoms with van der Waals surface area (Å²) < 4.78 is 10.5. The van der Waals surface area contributed by atoms with Gasteiger partial charge in [-0.05, 0) is 18.6 Å². The fourth-order valence-electron chi connectivity index (χ4n) is 2.07. The maximum Gasteiger partial charge on any atom is 0.289 e. The lowest BCUT2D eigenvalue weighted by Crippen LogP contribution is -2.25. The summed E-state index contributed by atoms with van der Waals surface area (Å²) in [6, 6.07) is 11.2. The molecule has 6 nitrogen and oxygen atoms in total. The van der Waals surface area contributed by atoms with Gasteiger partial charge in [-0.1, -0.05) is 23.4 Å². The van der Waals surface area contributed by atoms with E-state index in [0.29, 0.717) is 19.6 Å². The molecule has 22 heavy (non-hydrogen) atoms. The van der Waals surface area contributed by atoms with Crippen LogP contribution in [0.4, 0.5) is 0 Å². The number of hydrogen-bond acceptors (Lipinski definition) is 5. The normalized spacial score (nSPS) is 10.5. The Labute approximate surface area is 127 Å². The van der Waals surface area contributed by atoms with Crippen LogP contribution in [0, 0.1) is 0 Å². The molecule has 0 aliphatic heterocycles. The fourth-order valence-corrected chi connectivity index (χ4v) is 2.07. The molecule has 0 aliphatic rings. The number of carbonyl (C=O) groups is 1. The van der Waals surface area contributed by atoms with E-state index in [2.05, 4.69) is 15.5 Å². The Morgan fingerprint density at radius 3 is 2.95 bits per heavy atom. The SMILES string of the molecule is O=C(NCCCOc1cccc2cccnc12)c1ccno1. The van der Waals surface area contributed by atoms with Crippen LogP contribution in [-0.2, 0) is 0 Å². The zero-order valence-electron chi connectivity index (χ0n) is 11.9. The van der Waals surface area contributed by atoms with E-state index in [-0.39, 0.29) is 11.7 Å². The summed E-state index contributed by atoms with van der Waals surface area (Å²) in [5.74, 6) is 0.683. The van der Waals surface area contributed by atoms with Crippen molar-refractivity contribution in [1.82, 2.24) is 15.5 Å². The lowest BCUT2D eigenvalue weighted by molar-refractivity contribution is 0.0914. The van der Waals surface area contributed by atoms with Gasteiger partial charge in [0.25, 0.3) is 5.91 Å². The van der Waals surface area contributed by atoms with Gasteiger partial charge < -0.3 is 14.6 Å². The van der Waals surface area contributed by atoms with Crippen LogP contribution >= 0.6 is 0 Å². The average Bonchev–Trinajstić information content (AvgIpc) is 3.09. The summed E-state index contributed by atoms with van der Waals surface area (Å²) in [4.78, 5) is 15.9. The number of benzene rings is 1. The third-order valence-corrected chi connectivity index (χ3v) is 3.12. The van der Waals surface area contributed by atoms with Gasteiger partial charge in [-0.15, -0.1) is 0 Å². The Hall–Kier alpha value is -2.89. The lowest BCUT2D eigenvalue weighted by atomic mass is 10.2. The number of fused-ring (bicyclic) bond motifs is 1. The number of pyridine rings is 1. The molecule has 0 saturated carbocycles. The minimum Gasteiger partial charge on any atom is -0.491 e. The van der Waals surface area contributed by atoms with Crippen LogP contribution in [0.25, 0.3) is 10.9 Å². The van der Waals surface area contributed by atoms with Crippen molar-refractivity contribution in [2.75, 3.05) is 13.2 Å². The Morgan fingerprint density at radius 2 is 2.09 bits per heavy atom. The summed E-state index contributed by atoms with van der Waals surface area (Å²) in [6.07, 6.45) is 3.86. The molecule has 0 radical (unpaired) electrons. The molecule has 6 heteroatoms. The Morgan fingerprint density at radius 1 is 1.18 bits per heavy atom. The quantitative estimate of drug-likeness (QED) is 0.707. The molecule has 2 heterocycles. The zero-order valence-corrected chi connectivity index (χ0v) is 11.9. The molecule has 3 rings (SSSR count). The van der Waals surface area contributed by atoms with E-state index >= 15 is 0 Å². The van der Waals surface area contributed by atoms with Crippen LogP contribution in [0.5, 0.6) is 5.75 Å². The fraction of sp³-hybridized carbons (Fsp3) is 0.188. The van der Waals surface area contributed by atoms with Gasteiger partial charge >= 0.3 is 0 Å². The number of ether oxygens (including phenoxy) is 1. The molecular formula is C16H15N3O3. The van der Waals surface area contributed by atoms with E-state index in [4.69, 9.17) is 9.26 Å². The zero-order chi connectivity index (χ0) is 15.2. The highest BCUT2D eigenvalue weighted by Crippen LogP contribution is 2.22. The van der Waals surface area contributed by atoms with Crippen molar-refractivity contribution in [1.29, 1.82) is 0 Å².